The van der Waals surface area contributed by atoms with Gasteiger partial charge in [-0.1, -0.05) is 36.1 Å². The molecule has 0 N–H and O–H groups in total. The lowest BCUT2D eigenvalue weighted by molar-refractivity contribution is -0.108. The smallest absolute Gasteiger partial charge is 0.324 e. The minimum Gasteiger partial charge on any atom is -0.477 e. The molecule has 0 aliphatic carbocycles. The van der Waals surface area contributed by atoms with E-state index in [1.807, 2.05) is 18.2 Å². The van der Waals surface area contributed by atoms with Crippen LogP contribution in [0.5, 0.6) is 5.88 Å². The van der Waals surface area contributed by atoms with Crippen molar-refractivity contribution in [3.63, 3.8) is 0 Å². The van der Waals surface area contributed by atoms with E-state index in [0.29, 0.717) is 36.5 Å². The first kappa shape index (κ1) is 25.4. The number of carbonyl (C=O) groups excluding carboxylic acids is 2. The third-order valence-electron chi connectivity index (χ3n) is 5.05. The molecule has 0 atom stereocenters. The lowest BCUT2D eigenvalue weighted by Crippen LogP contribution is -2.39. The van der Waals surface area contributed by atoms with Gasteiger partial charge in [0.2, 0.25) is 5.88 Å². The van der Waals surface area contributed by atoms with Crippen molar-refractivity contribution >= 4 is 18.0 Å². The topological polar surface area (TPSA) is 62.7 Å². The van der Waals surface area contributed by atoms with Gasteiger partial charge in [-0.15, -0.1) is 0 Å². The summed E-state index contributed by atoms with van der Waals surface area (Å²) in [4.78, 5) is 29.8. The molecule has 0 fully saturated rings. The van der Waals surface area contributed by atoms with Gasteiger partial charge in [0.05, 0.1) is 13.2 Å². The van der Waals surface area contributed by atoms with Crippen LogP contribution in [0.15, 0.2) is 60.8 Å². The maximum Gasteiger partial charge on any atom is 0.324 e. The number of halogens is 2. The first-order chi connectivity index (χ1) is 16.9. The summed E-state index contributed by atoms with van der Waals surface area (Å²) in [7, 11) is 2.81. The molecule has 0 aliphatic heterocycles. The van der Waals surface area contributed by atoms with Gasteiger partial charge in [-0.2, -0.15) is 0 Å². The van der Waals surface area contributed by atoms with Crippen molar-refractivity contribution in [1.82, 2.24) is 9.88 Å². The van der Waals surface area contributed by atoms with E-state index in [2.05, 4.69) is 16.8 Å². The van der Waals surface area contributed by atoms with Crippen molar-refractivity contribution in [3.8, 4) is 17.7 Å². The summed E-state index contributed by atoms with van der Waals surface area (Å²) in [6, 6.07) is 14.1. The molecule has 180 valence electrons. The molecule has 0 radical (unpaired) electrons. The van der Waals surface area contributed by atoms with Crippen LogP contribution in [-0.2, 0) is 11.3 Å². The van der Waals surface area contributed by atoms with E-state index in [4.69, 9.17) is 4.74 Å². The van der Waals surface area contributed by atoms with Crippen LogP contribution >= 0.6 is 0 Å². The van der Waals surface area contributed by atoms with Gasteiger partial charge in [0, 0.05) is 43.4 Å². The van der Waals surface area contributed by atoms with E-state index in [0.717, 1.165) is 23.3 Å². The van der Waals surface area contributed by atoms with Crippen LogP contribution in [0.3, 0.4) is 0 Å². The predicted octanol–water partition coefficient (Wildman–Crippen LogP) is 4.81. The highest BCUT2D eigenvalue weighted by Crippen LogP contribution is 2.26. The van der Waals surface area contributed by atoms with Crippen molar-refractivity contribution in [3.05, 3.63) is 89.1 Å². The van der Waals surface area contributed by atoms with Crippen molar-refractivity contribution in [1.29, 1.82) is 0 Å². The zero-order chi connectivity index (χ0) is 25.2. The molecule has 0 saturated carbocycles. The third-order valence-corrected chi connectivity index (χ3v) is 5.05. The van der Waals surface area contributed by atoms with Crippen LogP contribution in [0.25, 0.3) is 0 Å². The van der Waals surface area contributed by atoms with Gasteiger partial charge in [0.15, 0.2) is 11.6 Å². The van der Waals surface area contributed by atoms with Gasteiger partial charge in [-0.3, -0.25) is 4.90 Å². The van der Waals surface area contributed by atoms with Gasteiger partial charge < -0.3 is 14.4 Å². The predicted molar refractivity (Wildman–Crippen MR) is 129 cm³/mol. The number of nitrogens with zero attached hydrogens (tertiary/aromatic N) is 3. The molecule has 0 bridgehead atoms. The Bertz CT molecular complexity index is 1220. The number of ether oxygens (including phenoxy) is 1. The molecular weight excluding hydrogens is 452 g/mol. The number of benzene rings is 2. The molecule has 3 aromatic rings. The minimum absolute atomic E-state index is 0.101. The minimum atomic E-state index is -0.896. The number of urea groups is 1. The summed E-state index contributed by atoms with van der Waals surface area (Å²) >= 11 is 0. The summed E-state index contributed by atoms with van der Waals surface area (Å²) in [6.07, 6.45) is 3.28. The van der Waals surface area contributed by atoms with Crippen LogP contribution in [0.1, 0.15) is 29.5 Å². The maximum absolute atomic E-state index is 14.8. The molecule has 8 heteroatoms. The fourth-order valence-electron chi connectivity index (χ4n) is 3.31. The number of carbonyl (C=O) groups is 2. The van der Waals surface area contributed by atoms with Gasteiger partial charge in [-0.05, 0) is 36.8 Å². The first-order valence-corrected chi connectivity index (χ1v) is 11.0. The summed E-state index contributed by atoms with van der Waals surface area (Å²) in [5.74, 6) is 4.13. The Hall–Kier alpha value is -4.25. The summed E-state index contributed by atoms with van der Waals surface area (Å²) in [6.45, 7) is 0.403. The Morgan fingerprint density at radius 3 is 2.40 bits per heavy atom. The lowest BCUT2D eigenvalue weighted by atomic mass is 10.1. The fraction of sp³-hybridized carbons (Fsp3) is 0.222. The number of hydrogen-bond acceptors (Lipinski definition) is 4. The normalized spacial score (nSPS) is 10.2. The molecule has 1 heterocycles. The van der Waals surface area contributed by atoms with Crippen molar-refractivity contribution < 1.29 is 23.1 Å². The van der Waals surface area contributed by atoms with Crippen LogP contribution < -0.4 is 9.64 Å². The molecular formula is C27H25F2N3O3. The second-order valence-corrected chi connectivity index (χ2v) is 7.73. The number of rotatable bonds is 8. The molecule has 3 rings (SSSR count). The Balaban J connectivity index is 1.73. The molecule has 35 heavy (non-hydrogen) atoms. The summed E-state index contributed by atoms with van der Waals surface area (Å²) in [5.41, 5.74) is 1.03. The summed E-state index contributed by atoms with van der Waals surface area (Å²) < 4.78 is 35.3. The van der Waals surface area contributed by atoms with Gasteiger partial charge in [-0.25, -0.2) is 18.6 Å². The first-order valence-electron chi connectivity index (χ1n) is 11.0. The highest BCUT2D eigenvalue weighted by Gasteiger charge is 2.23. The average molecular weight is 478 g/mol. The summed E-state index contributed by atoms with van der Waals surface area (Å²) in [5, 5.41) is 0. The zero-order valence-corrected chi connectivity index (χ0v) is 19.5. The van der Waals surface area contributed by atoms with Gasteiger partial charge >= 0.3 is 6.03 Å². The quantitative estimate of drug-likeness (QED) is 0.266. The fourth-order valence-corrected chi connectivity index (χ4v) is 3.31. The number of aromatic nitrogens is 1. The Morgan fingerprint density at radius 1 is 1.03 bits per heavy atom. The number of hydrogen-bond donors (Lipinski definition) is 0. The molecule has 0 aliphatic rings. The average Bonchev–Trinajstić information content (AvgIpc) is 2.86. The highest BCUT2D eigenvalue weighted by atomic mass is 19.1. The van der Waals surface area contributed by atoms with Gasteiger partial charge in [0.25, 0.3) is 0 Å². The van der Waals surface area contributed by atoms with E-state index in [1.54, 1.807) is 30.5 Å². The number of aldehydes is 1. The molecule has 2 aromatic carbocycles. The van der Waals surface area contributed by atoms with Crippen LogP contribution in [0.4, 0.5) is 19.3 Å². The monoisotopic (exact) mass is 477 g/mol. The van der Waals surface area contributed by atoms with E-state index >= 15 is 0 Å². The molecule has 0 spiro atoms. The number of anilines is 1. The van der Waals surface area contributed by atoms with Crippen molar-refractivity contribution in [2.75, 3.05) is 25.6 Å². The lowest BCUT2D eigenvalue weighted by Gasteiger charge is -2.26. The number of pyridine rings is 1. The maximum atomic E-state index is 14.8. The van der Waals surface area contributed by atoms with Crippen LogP contribution in [-0.4, -0.2) is 42.9 Å². The van der Waals surface area contributed by atoms with Crippen molar-refractivity contribution in [2.45, 2.75) is 19.4 Å². The second-order valence-electron chi connectivity index (χ2n) is 7.73. The van der Waals surface area contributed by atoms with Crippen LogP contribution in [0.2, 0.25) is 0 Å². The van der Waals surface area contributed by atoms with E-state index in [1.165, 1.54) is 19.0 Å². The highest BCUT2D eigenvalue weighted by molar-refractivity contribution is 5.91. The van der Waals surface area contributed by atoms with E-state index in [9.17, 15) is 18.4 Å². The second kappa shape index (κ2) is 12.3. The third kappa shape index (κ3) is 6.87. The standard InChI is InChI=1S/C27H25F2N3O3/c1-31(19-22-11-8-14-30-26(22)35-16-7-6-15-33)27(34)32(2)25-23(28)17-21(18-24(25)29)13-12-20-9-4-3-5-10-20/h3-5,8-11,14-15,17-18H,6-7,16,19H2,1-2H3. The SMILES string of the molecule is CN(Cc1cccnc1OCCCC=O)C(=O)N(C)c1c(F)cc(C#Cc2ccccc2)cc1F. The molecule has 0 unspecified atom stereocenters. The molecule has 1 aromatic heterocycles. The van der Waals surface area contributed by atoms with Crippen LogP contribution in [0, 0.1) is 23.5 Å². The number of amides is 2. The Kier molecular flexibility index (Phi) is 8.90. The largest absolute Gasteiger partial charge is 0.477 e. The Labute approximate surface area is 203 Å². The van der Waals surface area contributed by atoms with Crippen molar-refractivity contribution in [2.24, 2.45) is 0 Å². The number of unbranched alkanes of at least 4 members (excludes halogenated alkanes) is 1. The van der Waals surface area contributed by atoms with E-state index < -0.39 is 23.4 Å². The molecule has 0 saturated heterocycles. The molecule has 2 amide bonds. The van der Waals surface area contributed by atoms with Gasteiger partial charge in [0.1, 0.15) is 12.0 Å². The molecule has 6 nitrogen and oxygen atoms in total. The zero-order valence-electron chi connectivity index (χ0n) is 19.5. The Morgan fingerprint density at radius 2 is 1.71 bits per heavy atom. The van der Waals surface area contributed by atoms with E-state index in [-0.39, 0.29) is 12.1 Å².